The van der Waals surface area contributed by atoms with Gasteiger partial charge in [-0.2, -0.15) is 0 Å². The molecule has 1 aromatic heterocycles. The Balaban J connectivity index is 1.87. The van der Waals surface area contributed by atoms with Crippen LogP contribution < -0.4 is 4.90 Å². The SMILES string of the molecule is Fc1cc(-c2ccco2)ccc1N1CCCCCC1. The van der Waals surface area contributed by atoms with Crippen molar-refractivity contribution in [3.63, 3.8) is 0 Å². The van der Waals surface area contributed by atoms with Gasteiger partial charge in [-0.05, 0) is 43.2 Å². The molecule has 100 valence electrons. The maximum Gasteiger partial charge on any atom is 0.147 e. The van der Waals surface area contributed by atoms with Crippen LogP contribution in [0.15, 0.2) is 41.0 Å². The molecule has 2 heterocycles. The van der Waals surface area contributed by atoms with Gasteiger partial charge >= 0.3 is 0 Å². The predicted molar refractivity (Wildman–Crippen MR) is 74.8 cm³/mol. The molecule has 2 aromatic rings. The van der Waals surface area contributed by atoms with Gasteiger partial charge in [-0.15, -0.1) is 0 Å². The van der Waals surface area contributed by atoms with Crippen molar-refractivity contribution in [1.82, 2.24) is 0 Å². The first-order valence-electron chi connectivity index (χ1n) is 6.93. The first-order chi connectivity index (χ1) is 9.34. The second kappa shape index (κ2) is 5.47. The van der Waals surface area contributed by atoms with E-state index in [9.17, 15) is 4.39 Å². The smallest absolute Gasteiger partial charge is 0.147 e. The number of nitrogens with zero attached hydrogens (tertiary/aromatic N) is 1. The maximum atomic E-state index is 14.3. The van der Waals surface area contributed by atoms with Gasteiger partial charge in [0.1, 0.15) is 11.6 Å². The summed E-state index contributed by atoms with van der Waals surface area (Å²) in [7, 11) is 0. The van der Waals surface area contributed by atoms with Gasteiger partial charge in [-0.1, -0.05) is 12.8 Å². The van der Waals surface area contributed by atoms with Crippen LogP contribution in [0.25, 0.3) is 11.3 Å². The number of hydrogen-bond donors (Lipinski definition) is 0. The quantitative estimate of drug-likeness (QED) is 0.791. The van der Waals surface area contributed by atoms with E-state index >= 15 is 0 Å². The lowest BCUT2D eigenvalue weighted by atomic mass is 10.1. The summed E-state index contributed by atoms with van der Waals surface area (Å²) in [6, 6.07) is 9.04. The maximum absolute atomic E-state index is 14.3. The molecule has 0 aliphatic carbocycles. The Morgan fingerprint density at radius 1 is 1.00 bits per heavy atom. The summed E-state index contributed by atoms with van der Waals surface area (Å²) in [5.74, 6) is 0.553. The lowest BCUT2D eigenvalue weighted by Crippen LogP contribution is -2.24. The number of hydrogen-bond acceptors (Lipinski definition) is 2. The number of anilines is 1. The highest BCUT2D eigenvalue weighted by atomic mass is 19.1. The van der Waals surface area contributed by atoms with Crippen molar-refractivity contribution in [3.05, 3.63) is 42.4 Å². The molecular weight excluding hydrogens is 241 g/mol. The molecule has 1 aliphatic heterocycles. The molecule has 0 saturated carbocycles. The molecule has 1 saturated heterocycles. The first kappa shape index (κ1) is 12.3. The summed E-state index contributed by atoms with van der Waals surface area (Å²) in [6.07, 6.45) is 6.42. The third-order valence-corrected chi connectivity index (χ3v) is 3.70. The molecule has 19 heavy (non-hydrogen) atoms. The Labute approximate surface area is 112 Å². The zero-order chi connectivity index (χ0) is 13.1. The van der Waals surface area contributed by atoms with E-state index in [0.717, 1.165) is 37.2 Å². The fourth-order valence-electron chi connectivity index (χ4n) is 2.67. The van der Waals surface area contributed by atoms with Gasteiger partial charge in [0.05, 0.1) is 12.0 Å². The summed E-state index contributed by atoms with van der Waals surface area (Å²) in [5.41, 5.74) is 1.51. The minimum Gasteiger partial charge on any atom is -0.464 e. The highest BCUT2D eigenvalue weighted by Crippen LogP contribution is 2.28. The fraction of sp³-hybridized carbons (Fsp3) is 0.375. The van der Waals surface area contributed by atoms with Crippen LogP contribution in [0.5, 0.6) is 0 Å². The van der Waals surface area contributed by atoms with Crippen molar-refractivity contribution >= 4 is 5.69 Å². The van der Waals surface area contributed by atoms with Gasteiger partial charge in [0.25, 0.3) is 0 Å². The topological polar surface area (TPSA) is 16.4 Å². The summed E-state index contributed by atoms with van der Waals surface area (Å²) in [6.45, 7) is 1.91. The van der Waals surface area contributed by atoms with Crippen LogP contribution in [-0.4, -0.2) is 13.1 Å². The van der Waals surface area contributed by atoms with Gasteiger partial charge in [0.15, 0.2) is 0 Å². The molecule has 0 radical (unpaired) electrons. The predicted octanol–water partition coefficient (Wildman–Crippen LogP) is 4.47. The molecular formula is C16H18FNO. The molecule has 0 bridgehead atoms. The van der Waals surface area contributed by atoms with E-state index in [2.05, 4.69) is 4.90 Å². The fourth-order valence-corrected chi connectivity index (χ4v) is 2.67. The summed E-state index contributed by atoms with van der Waals surface area (Å²) < 4.78 is 19.6. The molecule has 0 amide bonds. The Hall–Kier alpha value is -1.77. The summed E-state index contributed by atoms with van der Waals surface area (Å²) >= 11 is 0. The Bertz CT molecular complexity index is 528. The van der Waals surface area contributed by atoms with Crippen molar-refractivity contribution in [3.8, 4) is 11.3 Å². The van der Waals surface area contributed by atoms with E-state index < -0.39 is 0 Å². The zero-order valence-corrected chi connectivity index (χ0v) is 10.9. The Kier molecular flexibility index (Phi) is 3.53. The van der Waals surface area contributed by atoms with Crippen LogP contribution in [0.2, 0.25) is 0 Å². The van der Waals surface area contributed by atoms with E-state index in [1.54, 1.807) is 12.3 Å². The third kappa shape index (κ3) is 2.65. The summed E-state index contributed by atoms with van der Waals surface area (Å²) in [4.78, 5) is 2.16. The van der Waals surface area contributed by atoms with Crippen molar-refractivity contribution in [2.24, 2.45) is 0 Å². The van der Waals surface area contributed by atoms with Crippen LogP contribution in [0.4, 0.5) is 10.1 Å². The van der Waals surface area contributed by atoms with Crippen LogP contribution in [-0.2, 0) is 0 Å². The van der Waals surface area contributed by atoms with Crippen LogP contribution >= 0.6 is 0 Å². The monoisotopic (exact) mass is 259 g/mol. The van der Waals surface area contributed by atoms with Crippen molar-refractivity contribution < 1.29 is 8.81 Å². The normalized spacial score (nSPS) is 16.4. The third-order valence-electron chi connectivity index (χ3n) is 3.70. The van der Waals surface area contributed by atoms with Crippen molar-refractivity contribution in [2.45, 2.75) is 25.7 Å². The lowest BCUT2D eigenvalue weighted by Gasteiger charge is -2.23. The average molecular weight is 259 g/mol. The molecule has 0 unspecified atom stereocenters. The molecule has 0 atom stereocenters. The highest BCUT2D eigenvalue weighted by Gasteiger charge is 2.14. The van der Waals surface area contributed by atoms with Gasteiger partial charge in [0, 0.05) is 18.7 Å². The van der Waals surface area contributed by atoms with Gasteiger partial charge in [-0.3, -0.25) is 0 Å². The molecule has 3 rings (SSSR count). The molecule has 0 N–H and O–H groups in total. The Morgan fingerprint density at radius 2 is 1.79 bits per heavy atom. The van der Waals surface area contributed by atoms with E-state index in [4.69, 9.17) is 4.42 Å². The lowest BCUT2D eigenvalue weighted by molar-refractivity contribution is 0.579. The summed E-state index contributed by atoms with van der Waals surface area (Å²) in [5, 5.41) is 0. The molecule has 3 heteroatoms. The van der Waals surface area contributed by atoms with Crippen molar-refractivity contribution in [2.75, 3.05) is 18.0 Å². The van der Waals surface area contributed by atoms with Crippen LogP contribution in [0, 0.1) is 5.82 Å². The van der Waals surface area contributed by atoms with Crippen LogP contribution in [0.1, 0.15) is 25.7 Å². The number of halogens is 1. The van der Waals surface area contributed by atoms with Crippen LogP contribution in [0.3, 0.4) is 0 Å². The van der Waals surface area contributed by atoms with E-state index in [1.807, 2.05) is 24.3 Å². The van der Waals surface area contributed by atoms with E-state index in [1.165, 1.54) is 12.8 Å². The molecule has 0 spiro atoms. The highest BCUT2D eigenvalue weighted by molar-refractivity contribution is 5.62. The molecule has 1 aliphatic rings. The number of furan rings is 1. The average Bonchev–Trinajstić information content (AvgIpc) is 2.82. The standard InChI is InChI=1S/C16H18FNO/c17-14-12-13(16-6-5-11-19-16)7-8-15(14)18-9-3-1-2-4-10-18/h5-8,11-12H,1-4,9-10H2. The van der Waals surface area contributed by atoms with Gasteiger partial charge in [-0.25, -0.2) is 4.39 Å². The minimum atomic E-state index is -0.157. The first-order valence-corrected chi connectivity index (χ1v) is 6.93. The number of rotatable bonds is 2. The van der Waals surface area contributed by atoms with Gasteiger partial charge in [0.2, 0.25) is 0 Å². The zero-order valence-electron chi connectivity index (χ0n) is 10.9. The van der Waals surface area contributed by atoms with Gasteiger partial charge < -0.3 is 9.32 Å². The second-order valence-electron chi connectivity index (χ2n) is 5.04. The van der Waals surface area contributed by atoms with E-state index in [-0.39, 0.29) is 5.82 Å². The van der Waals surface area contributed by atoms with E-state index in [0.29, 0.717) is 5.76 Å². The van der Waals surface area contributed by atoms with Crippen molar-refractivity contribution in [1.29, 1.82) is 0 Å². The molecule has 1 aromatic carbocycles. The second-order valence-corrected chi connectivity index (χ2v) is 5.04. The molecule has 1 fully saturated rings. The molecule has 2 nitrogen and oxygen atoms in total. The number of benzene rings is 1. The minimum absolute atomic E-state index is 0.157. The largest absolute Gasteiger partial charge is 0.464 e. The Morgan fingerprint density at radius 3 is 2.42 bits per heavy atom.